The van der Waals surface area contributed by atoms with Crippen LogP contribution in [0.5, 0.6) is 0 Å². The van der Waals surface area contributed by atoms with E-state index in [0.29, 0.717) is 11.1 Å². The Morgan fingerprint density at radius 2 is 1.23 bits per heavy atom. The molecule has 1 aromatic rings. The Balaban J connectivity index is 0.000000845. The van der Waals surface area contributed by atoms with Gasteiger partial charge in [-0.15, -0.1) is 0 Å². The molecule has 0 aliphatic heterocycles. The first-order chi connectivity index (χ1) is 5.79. The number of rotatable bonds is 0. The molecular weight excluding hydrogens is 191 g/mol. The summed E-state index contributed by atoms with van der Waals surface area (Å²) in [6.45, 7) is 0. The maximum Gasteiger partial charge on any atom is 1.00 e. The van der Waals surface area contributed by atoms with Crippen LogP contribution < -0.4 is 51.4 Å². The number of benzene rings is 1. The number of fused-ring (bicyclic) bond motifs is 1. The third kappa shape index (κ3) is 2.06. The second-order valence-electron chi connectivity index (χ2n) is 2.61. The van der Waals surface area contributed by atoms with Gasteiger partial charge in [-0.1, -0.05) is 24.3 Å². The van der Waals surface area contributed by atoms with Gasteiger partial charge in [-0.25, -0.2) is 0 Å². The molecule has 0 amide bonds. The summed E-state index contributed by atoms with van der Waals surface area (Å²) >= 11 is 0. The molecule has 60 valence electrons. The Morgan fingerprint density at radius 3 is 1.62 bits per heavy atom. The van der Waals surface area contributed by atoms with Gasteiger partial charge < -0.3 is 1.43 Å². The first-order valence-corrected chi connectivity index (χ1v) is 3.65. The van der Waals surface area contributed by atoms with Crippen LogP contribution in [0, 0.1) is 0 Å². The van der Waals surface area contributed by atoms with E-state index in [1.807, 2.05) is 0 Å². The zero-order valence-corrected chi connectivity index (χ0v) is 10.4. The molecule has 1 aliphatic carbocycles. The number of carbonyl (C=O) groups excluding carboxylic acids is 2. The van der Waals surface area contributed by atoms with Gasteiger partial charge in [-0.3, -0.25) is 9.59 Å². The van der Waals surface area contributed by atoms with Crippen LogP contribution in [0.2, 0.25) is 0 Å². The summed E-state index contributed by atoms with van der Waals surface area (Å²) in [5, 5.41) is 0. The smallest absolute Gasteiger partial charge is 1.00 e. The van der Waals surface area contributed by atoms with Gasteiger partial charge in [0.25, 0.3) is 0 Å². The molecule has 0 unspecified atom stereocenters. The second-order valence-corrected chi connectivity index (χ2v) is 2.61. The Bertz CT molecular complexity index is 362. The van der Waals surface area contributed by atoms with E-state index in [-0.39, 0.29) is 64.4 Å². The summed E-state index contributed by atoms with van der Waals surface area (Å²) in [5.41, 5.74) is 1.01. The van der Waals surface area contributed by atoms with Crippen LogP contribution in [0.3, 0.4) is 0 Å². The van der Waals surface area contributed by atoms with Crippen LogP contribution in [0.1, 0.15) is 22.1 Å². The van der Waals surface area contributed by atoms with Gasteiger partial charge in [0.05, 0.1) is 0 Å². The van der Waals surface area contributed by atoms with Crippen molar-refractivity contribution in [3.63, 3.8) is 0 Å². The number of allylic oxidation sites excluding steroid dienone is 2. The SMILES string of the molecule is O=C1C=CC(=O)c2ccccc21.[H-].[K+]. The van der Waals surface area contributed by atoms with Crippen LogP contribution in [0.15, 0.2) is 36.4 Å². The first-order valence-electron chi connectivity index (χ1n) is 3.65. The van der Waals surface area contributed by atoms with E-state index < -0.39 is 0 Å². The molecule has 0 heterocycles. The van der Waals surface area contributed by atoms with E-state index in [1.165, 1.54) is 12.2 Å². The fourth-order valence-corrected chi connectivity index (χ4v) is 1.24. The number of hydrogen-bond acceptors (Lipinski definition) is 2. The second kappa shape index (κ2) is 4.44. The molecular formula is C10H7KO2. The molecule has 0 saturated heterocycles. The van der Waals surface area contributed by atoms with Crippen molar-refractivity contribution in [2.24, 2.45) is 0 Å². The molecule has 2 nitrogen and oxygen atoms in total. The molecule has 13 heavy (non-hydrogen) atoms. The summed E-state index contributed by atoms with van der Waals surface area (Å²) < 4.78 is 0. The minimum atomic E-state index is -0.0924. The normalized spacial score (nSPS) is 13.5. The van der Waals surface area contributed by atoms with Crippen molar-refractivity contribution in [3.05, 3.63) is 47.5 Å². The molecule has 0 saturated carbocycles. The summed E-state index contributed by atoms with van der Waals surface area (Å²) in [6, 6.07) is 6.84. The van der Waals surface area contributed by atoms with Crippen LogP contribution in [0.4, 0.5) is 0 Å². The Morgan fingerprint density at radius 1 is 0.846 bits per heavy atom. The third-order valence-electron chi connectivity index (χ3n) is 1.84. The molecule has 0 N–H and O–H groups in total. The molecule has 0 bridgehead atoms. The van der Waals surface area contributed by atoms with Gasteiger partial charge in [0.1, 0.15) is 0 Å². The molecule has 2 rings (SSSR count). The van der Waals surface area contributed by atoms with Crippen molar-refractivity contribution in [3.8, 4) is 0 Å². The van der Waals surface area contributed by atoms with Crippen LogP contribution in [-0.4, -0.2) is 11.6 Å². The van der Waals surface area contributed by atoms with Gasteiger partial charge in [0.2, 0.25) is 0 Å². The van der Waals surface area contributed by atoms with Gasteiger partial charge in [0, 0.05) is 11.1 Å². The molecule has 0 atom stereocenters. The number of carbonyl (C=O) groups is 2. The van der Waals surface area contributed by atoms with Crippen molar-refractivity contribution in [2.45, 2.75) is 0 Å². The van der Waals surface area contributed by atoms with Crippen molar-refractivity contribution < 1.29 is 62.4 Å². The molecule has 0 fully saturated rings. The van der Waals surface area contributed by atoms with Gasteiger partial charge in [-0.05, 0) is 12.2 Å². The topological polar surface area (TPSA) is 34.1 Å². The van der Waals surface area contributed by atoms with Crippen LogP contribution in [-0.2, 0) is 0 Å². The molecule has 1 aliphatic rings. The number of ketones is 2. The molecule has 0 spiro atoms. The molecule has 0 aromatic heterocycles. The fourth-order valence-electron chi connectivity index (χ4n) is 1.24. The van der Waals surface area contributed by atoms with Gasteiger partial charge in [-0.2, -0.15) is 0 Å². The van der Waals surface area contributed by atoms with E-state index >= 15 is 0 Å². The molecule has 0 radical (unpaired) electrons. The third-order valence-corrected chi connectivity index (χ3v) is 1.84. The average molecular weight is 198 g/mol. The Kier molecular flexibility index (Phi) is 3.76. The summed E-state index contributed by atoms with van der Waals surface area (Å²) in [5.74, 6) is -0.185. The van der Waals surface area contributed by atoms with E-state index in [2.05, 4.69) is 0 Å². The first kappa shape index (κ1) is 11.0. The fraction of sp³-hybridized carbons (Fsp3) is 0. The maximum absolute atomic E-state index is 11.2. The summed E-state index contributed by atoms with van der Waals surface area (Å²) in [7, 11) is 0. The molecule has 1 aromatic carbocycles. The van der Waals surface area contributed by atoms with Crippen molar-refractivity contribution in [1.29, 1.82) is 0 Å². The molecule has 3 heteroatoms. The predicted octanol–water partition coefficient (Wildman–Crippen LogP) is -1.26. The van der Waals surface area contributed by atoms with E-state index in [1.54, 1.807) is 24.3 Å². The van der Waals surface area contributed by atoms with Crippen molar-refractivity contribution in [2.75, 3.05) is 0 Å². The van der Waals surface area contributed by atoms with Crippen molar-refractivity contribution in [1.82, 2.24) is 0 Å². The zero-order valence-electron chi connectivity index (χ0n) is 8.28. The average Bonchev–Trinajstić information content (AvgIpc) is 2.12. The van der Waals surface area contributed by atoms with Crippen molar-refractivity contribution >= 4 is 11.6 Å². The monoisotopic (exact) mass is 198 g/mol. The number of hydrogen-bond donors (Lipinski definition) is 0. The summed E-state index contributed by atoms with van der Waals surface area (Å²) in [4.78, 5) is 22.4. The standard InChI is InChI=1S/C10H6O2.K.H/c11-9-5-6-10(12)8-4-2-1-3-7(8)9;;/h1-6H;;/q;+1;-1. The van der Waals surface area contributed by atoms with Crippen LogP contribution >= 0.6 is 0 Å². The minimum absolute atomic E-state index is 0. The Labute approximate surface area is 120 Å². The maximum atomic E-state index is 11.2. The largest absolute Gasteiger partial charge is 1.00 e. The van der Waals surface area contributed by atoms with Gasteiger partial charge >= 0.3 is 51.4 Å². The van der Waals surface area contributed by atoms with Gasteiger partial charge in [0.15, 0.2) is 11.6 Å². The van der Waals surface area contributed by atoms with E-state index in [0.717, 1.165) is 0 Å². The van der Waals surface area contributed by atoms with Crippen LogP contribution in [0.25, 0.3) is 0 Å². The summed E-state index contributed by atoms with van der Waals surface area (Å²) in [6.07, 6.45) is 2.62. The predicted molar refractivity (Wildman–Crippen MR) is 45.4 cm³/mol. The van der Waals surface area contributed by atoms with E-state index in [4.69, 9.17) is 0 Å². The Hall–Kier alpha value is -0.0636. The van der Waals surface area contributed by atoms with E-state index in [9.17, 15) is 9.59 Å². The minimum Gasteiger partial charge on any atom is -1.00 e. The zero-order chi connectivity index (χ0) is 8.55. The quantitative estimate of drug-likeness (QED) is 0.488.